The van der Waals surface area contributed by atoms with Crippen LogP contribution in [-0.4, -0.2) is 36.0 Å². The van der Waals surface area contributed by atoms with Crippen molar-refractivity contribution in [2.24, 2.45) is 0 Å². The van der Waals surface area contributed by atoms with Crippen molar-refractivity contribution in [2.75, 3.05) is 31.4 Å². The van der Waals surface area contributed by atoms with Crippen LogP contribution in [0.1, 0.15) is 0 Å². The second-order valence-corrected chi connectivity index (χ2v) is 2.80. The van der Waals surface area contributed by atoms with E-state index < -0.39 is 4.92 Å². The van der Waals surface area contributed by atoms with Gasteiger partial charge in [0.25, 0.3) is 0 Å². The first-order valence-corrected chi connectivity index (χ1v) is 3.92. The van der Waals surface area contributed by atoms with Crippen LogP contribution >= 0.6 is 0 Å². The third-order valence-corrected chi connectivity index (χ3v) is 1.59. The number of anilines is 2. The van der Waals surface area contributed by atoms with Crippen molar-refractivity contribution in [2.45, 2.75) is 0 Å². The molecule has 0 bridgehead atoms. The molecule has 7 heteroatoms. The average molecular weight is 197 g/mol. The fourth-order valence-electron chi connectivity index (χ4n) is 0.945. The van der Waals surface area contributed by atoms with Crippen LogP contribution in [0.25, 0.3) is 0 Å². The molecule has 0 saturated heterocycles. The first-order valence-electron chi connectivity index (χ1n) is 3.92. The maximum atomic E-state index is 10.6. The van der Waals surface area contributed by atoms with E-state index in [2.05, 4.69) is 15.3 Å². The Morgan fingerprint density at radius 3 is 2.64 bits per heavy atom. The van der Waals surface area contributed by atoms with Crippen LogP contribution in [0.2, 0.25) is 0 Å². The molecule has 1 N–H and O–H groups in total. The smallest absolute Gasteiger partial charge is 0.329 e. The minimum absolute atomic E-state index is 0.103. The zero-order valence-corrected chi connectivity index (χ0v) is 8.18. The topological polar surface area (TPSA) is 84.2 Å². The van der Waals surface area contributed by atoms with Crippen LogP contribution in [0.4, 0.5) is 17.5 Å². The summed E-state index contributed by atoms with van der Waals surface area (Å²) in [5.74, 6) is 0.647. The Morgan fingerprint density at radius 2 is 2.21 bits per heavy atom. The van der Waals surface area contributed by atoms with E-state index in [4.69, 9.17) is 0 Å². The van der Waals surface area contributed by atoms with Gasteiger partial charge in [-0.15, -0.1) is 0 Å². The molecule has 0 radical (unpaired) electrons. The molecule has 0 atom stereocenters. The normalized spacial score (nSPS) is 9.64. The zero-order chi connectivity index (χ0) is 10.7. The van der Waals surface area contributed by atoms with E-state index in [9.17, 15) is 10.1 Å². The fraction of sp³-hybridized carbons (Fsp3) is 0.429. The molecule has 0 amide bonds. The van der Waals surface area contributed by atoms with E-state index in [0.717, 1.165) is 0 Å². The molecule has 0 saturated carbocycles. The van der Waals surface area contributed by atoms with Crippen LogP contribution in [0.15, 0.2) is 6.20 Å². The summed E-state index contributed by atoms with van der Waals surface area (Å²) in [5.41, 5.74) is -0.103. The number of nitrogens with zero attached hydrogens (tertiary/aromatic N) is 4. The highest BCUT2D eigenvalue weighted by atomic mass is 16.6. The lowest BCUT2D eigenvalue weighted by Crippen LogP contribution is -2.14. The van der Waals surface area contributed by atoms with Gasteiger partial charge in [0.2, 0.25) is 11.8 Å². The largest absolute Gasteiger partial charge is 0.357 e. The molecule has 0 unspecified atom stereocenters. The Bertz CT molecular complexity index is 352. The number of nitro groups is 1. The maximum Gasteiger partial charge on any atom is 0.329 e. The van der Waals surface area contributed by atoms with E-state index in [1.807, 2.05) is 0 Å². The Hall–Kier alpha value is -1.92. The Labute approximate surface area is 80.9 Å². The number of hydrogen-bond donors (Lipinski definition) is 1. The molecule has 1 aromatic heterocycles. The summed E-state index contributed by atoms with van der Waals surface area (Å²) < 4.78 is 0. The van der Waals surface area contributed by atoms with Crippen molar-refractivity contribution in [3.05, 3.63) is 16.3 Å². The summed E-state index contributed by atoms with van der Waals surface area (Å²) in [6.45, 7) is 0. The zero-order valence-electron chi connectivity index (χ0n) is 8.18. The van der Waals surface area contributed by atoms with Crippen molar-refractivity contribution in [3.8, 4) is 0 Å². The molecular weight excluding hydrogens is 186 g/mol. The van der Waals surface area contributed by atoms with Gasteiger partial charge in [0.15, 0.2) is 0 Å². The fourth-order valence-corrected chi connectivity index (χ4v) is 0.945. The highest BCUT2D eigenvalue weighted by molar-refractivity contribution is 5.57. The number of rotatable bonds is 3. The van der Waals surface area contributed by atoms with Crippen molar-refractivity contribution in [1.82, 2.24) is 9.97 Å². The number of nitrogens with one attached hydrogen (secondary N) is 1. The predicted molar refractivity (Wildman–Crippen MR) is 52.6 cm³/mol. The van der Waals surface area contributed by atoms with E-state index >= 15 is 0 Å². The summed E-state index contributed by atoms with van der Waals surface area (Å²) >= 11 is 0. The van der Waals surface area contributed by atoms with E-state index in [-0.39, 0.29) is 11.5 Å². The summed E-state index contributed by atoms with van der Waals surface area (Å²) in [6.07, 6.45) is 1.19. The van der Waals surface area contributed by atoms with Gasteiger partial charge in [-0.3, -0.25) is 10.1 Å². The standard InChI is InChI=1S/C7H11N5O2/c1-8-7-9-4-5(12(13)14)6(10-7)11(2)3/h4H,1-3H3,(H,8,9,10). The van der Waals surface area contributed by atoms with Gasteiger partial charge in [-0.1, -0.05) is 0 Å². The summed E-state index contributed by atoms with van der Waals surface area (Å²) in [6, 6.07) is 0. The second kappa shape index (κ2) is 3.86. The quantitative estimate of drug-likeness (QED) is 0.560. The van der Waals surface area contributed by atoms with Crippen LogP contribution in [0.5, 0.6) is 0 Å². The molecule has 1 aromatic rings. The van der Waals surface area contributed by atoms with Gasteiger partial charge in [-0.25, -0.2) is 4.98 Å². The molecule has 76 valence electrons. The molecule has 1 rings (SSSR count). The Morgan fingerprint density at radius 1 is 1.57 bits per heavy atom. The highest BCUT2D eigenvalue weighted by Crippen LogP contribution is 2.23. The van der Waals surface area contributed by atoms with Gasteiger partial charge < -0.3 is 10.2 Å². The van der Waals surface area contributed by atoms with Crippen LogP contribution in [0.3, 0.4) is 0 Å². The third kappa shape index (κ3) is 1.87. The monoisotopic (exact) mass is 197 g/mol. The van der Waals surface area contributed by atoms with Crippen molar-refractivity contribution >= 4 is 17.5 Å². The predicted octanol–water partition coefficient (Wildman–Crippen LogP) is 0.492. The number of aromatic nitrogens is 2. The third-order valence-electron chi connectivity index (χ3n) is 1.59. The molecule has 7 nitrogen and oxygen atoms in total. The van der Waals surface area contributed by atoms with E-state index in [1.54, 1.807) is 26.0 Å². The van der Waals surface area contributed by atoms with Gasteiger partial charge in [-0.2, -0.15) is 4.98 Å². The molecule has 0 aliphatic rings. The molecule has 0 spiro atoms. The first kappa shape index (κ1) is 10.2. The molecular formula is C7H11N5O2. The van der Waals surface area contributed by atoms with Crippen molar-refractivity contribution in [1.29, 1.82) is 0 Å². The lowest BCUT2D eigenvalue weighted by atomic mass is 10.4. The Balaban J connectivity index is 3.24. The van der Waals surface area contributed by atoms with Gasteiger partial charge in [0.05, 0.1) is 4.92 Å². The summed E-state index contributed by atoms with van der Waals surface area (Å²) in [5, 5.41) is 13.3. The number of hydrogen-bond acceptors (Lipinski definition) is 6. The minimum Gasteiger partial charge on any atom is -0.357 e. The van der Waals surface area contributed by atoms with Crippen LogP contribution in [0, 0.1) is 10.1 Å². The molecule has 0 fully saturated rings. The first-order chi connectivity index (χ1) is 6.56. The molecule has 0 aromatic carbocycles. The van der Waals surface area contributed by atoms with Crippen molar-refractivity contribution in [3.63, 3.8) is 0 Å². The van der Waals surface area contributed by atoms with Crippen LogP contribution < -0.4 is 10.2 Å². The van der Waals surface area contributed by atoms with Crippen LogP contribution in [-0.2, 0) is 0 Å². The maximum absolute atomic E-state index is 10.6. The molecule has 14 heavy (non-hydrogen) atoms. The SMILES string of the molecule is CNc1ncc([N+](=O)[O-])c(N(C)C)n1. The summed E-state index contributed by atoms with van der Waals surface area (Å²) in [7, 11) is 5.03. The minimum atomic E-state index is -0.505. The second-order valence-electron chi connectivity index (χ2n) is 2.80. The Kier molecular flexibility index (Phi) is 2.80. The highest BCUT2D eigenvalue weighted by Gasteiger charge is 2.18. The molecule has 0 aliphatic heterocycles. The van der Waals surface area contributed by atoms with Crippen molar-refractivity contribution < 1.29 is 4.92 Å². The van der Waals surface area contributed by atoms with Gasteiger partial charge in [0, 0.05) is 21.1 Å². The summed E-state index contributed by atoms with van der Waals surface area (Å²) in [4.78, 5) is 19.4. The average Bonchev–Trinajstić information content (AvgIpc) is 2.16. The molecule has 0 aliphatic carbocycles. The van der Waals surface area contributed by atoms with Gasteiger partial charge >= 0.3 is 5.69 Å². The van der Waals surface area contributed by atoms with Gasteiger partial charge in [0.1, 0.15) is 6.20 Å². The lowest BCUT2D eigenvalue weighted by Gasteiger charge is -2.11. The molecule has 1 heterocycles. The van der Waals surface area contributed by atoms with E-state index in [1.165, 1.54) is 6.20 Å². The lowest BCUT2D eigenvalue weighted by molar-refractivity contribution is -0.384. The van der Waals surface area contributed by atoms with Gasteiger partial charge in [-0.05, 0) is 0 Å². The van der Waals surface area contributed by atoms with E-state index in [0.29, 0.717) is 5.95 Å².